The van der Waals surface area contributed by atoms with Gasteiger partial charge in [0.15, 0.2) is 0 Å². The molecular formula is C16H30N4O3. The molecular weight excluding hydrogens is 296 g/mol. The van der Waals surface area contributed by atoms with Crippen LogP contribution in [0, 0.1) is 5.92 Å². The van der Waals surface area contributed by atoms with E-state index in [2.05, 4.69) is 13.8 Å². The second-order valence-corrected chi connectivity index (χ2v) is 6.41. The summed E-state index contributed by atoms with van der Waals surface area (Å²) in [6.07, 6.45) is 2.42. The zero-order valence-corrected chi connectivity index (χ0v) is 15.0. The number of nitrogens with zero attached hydrogens (tertiary/aromatic N) is 4. The third-order valence-corrected chi connectivity index (χ3v) is 4.15. The predicted molar refractivity (Wildman–Crippen MR) is 92.1 cm³/mol. The summed E-state index contributed by atoms with van der Waals surface area (Å²) < 4.78 is 3.60. The summed E-state index contributed by atoms with van der Waals surface area (Å²) >= 11 is 0. The minimum atomic E-state index is -0.497. The lowest BCUT2D eigenvalue weighted by Gasteiger charge is -2.16. The van der Waals surface area contributed by atoms with Crippen LogP contribution in [0.3, 0.4) is 0 Å². The van der Waals surface area contributed by atoms with E-state index >= 15 is 0 Å². The van der Waals surface area contributed by atoms with E-state index < -0.39 is 17.1 Å². The Labute approximate surface area is 137 Å². The highest BCUT2D eigenvalue weighted by Crippen LogP contribution is 2.06. The van der Waals surface area contributed by atoms with E-state index in [1.54, 1.807) is 0 Å². The normalized spacial score (nSPS) is 12.8. The molecule has 7 heteroatoms. The maximum Gasteiger partial charge on any atom is 0.336 e. The van der Waals surface area contributed by atoms with Gasteiger partial charge in [-0.1, -0.05) is 27.2 Å². The predicted octanol–water partition coefficient (Wildman–Crippen LogP) is 0.580. The minimum Gasteiger partial charge on any atom is -0.308 e. The zero-order chi connectivity index (χ0) is 17.6. The van der Waals surface area contributed by atoms with Crippen LogP contribution in [0.15, 0.2) is 14.4 Å². The molecule has 132 valence electrons. The van der Waals surface area contributed by atoms with Gasteiger partial charge in [0.25, 0.3) is 0 Å². The summed E-state index contributed by atoms with van der Waals surface area (Å²) in [5, 5.41) is 0. The van der Waals surface area contributed by atoms with Gasteiger partial charge in [-0.3, -0.25) is 0 Å². The average Bonchev–Trinajstić information content (AvgIpc) is 2.50. The third-order valence-electron chi connectivity index (χ3n) is 4.15. The Kier molecular flexibility index (Phi) is 7.48. The fourth-order valence-corrected chi connectivity index (χ4v) is 2.33. The fraction of sp³-hybridized carbons (Fsp3) is 0.812. The van der Waals surface area contributed by atoms with Crippen LogP contribution in [0.5, 0.6) is 0 Å². The van der Waals surface area contributed by atoms with E-state index in [0.717, 1.165) is 12.8 Å². The van der Waals surface area contributed by atoms with Gasteiger partial charge in [0, 0.05) is 26.2 Å². The van der Waals surface area contributed by atoms with Crippen LogP contribution in [-0.4, -0.2) is 39.2 Å². The van der Waals surface area contributed by atoms with Gasteiger partial charge in [-0.05, 0) is 32.9 Å². The Balaban J connectivity index is 3.34. The van der Waals surface area contributed by atoms with Gasteiger partial charge in [-0.15, -0.1) is 0 Å². The number of likely N-dealkylation sites (N-methyl/N-ethyl adjacent to an activating group) is 1. The standard InChI is InChI=1S/C16H30N4O3/c1-6-9-18-14(21)19(10-8-13(3)7-2)16(23)20(15(18)22)12-11-17(4)5/h13H,6-12H2,1-5H3. The van der Waals surface area contributed by atoms with Crippen LogP contribution in [-0.2, 0) is 19.6 Å². The van der Waals surface area contributed by atoms with Gasteiger partial charge in [0.2, 0.25) is 0 Å². The van der Waals surface area contributed by atoms with Gasteiger partial charge in [-0.2, -0.15) is 0 Å². The smallest absolute Gasteiger partial charge is 0.308 e. The van der Waals surface area contributed by atoms with Crippen molar-refractivity contribution in [1.82, 2.24) is 18.6 Å². The zero-order valence-electron chi connectivity index (χ0n) is 15.0. The monoisotopic (exact) mass is 326 g/mol. The lowest BCUT2D eigenvalue weighted by Crippen LogP contribution is -2.55. The lowest BCUT2D eigenvalue weighted by atomic mass is 10.1. The number of rotatable bonds is 9. The fourth-order valence-electron chi connectivity index (χ4n) is 2.33. The highest BCUT2D eigenvalue weighted by molar-refractivity contribution is 4.79. The average molecular weight is 326 g/mol. The molecule has 0 fully saturated rings. The summed E-state index contributed by atoms with van der Waals surface area (Å²) in [4.78, 5) is 39.4. The largest absolute Gasteiger partial charge is 0.336 e. The van der Waals surface area contributed by atoms with E-state index in [0.29, 0.717) is 32.0 Å². The summed E-state index contributed by atoms with van der Waals surface area (Å²) in [5.74, 6) is 0.433. The first-order valence-electron chi connectivity index (χ1n) is 8.42. The van der Waals surface area contributed by atoms with E-state index in [1.165, 1.54) is 13.7 Å². The molecule has 1 unspecified atom stereocenters. The molecule has 0 amide bonds. The van der Waals surface area contributed by atoms with Crippen molar-refractivity contribution in [2.75, 3.05) is 20.6 Å². The molecule has 7 nitrogen and oxygen atoms in total. The molecule has 0 aliphatic carbocycles. The highest BCUT2D eigenvalue weighted by atomic mass is 16.2. The summed E-state index contributed by atoms with van der Waals surface area (Å²) in [5.41, 5.74) is -1.47. The molecule has 0 saturated carbocycles. The van der Waals surface area contributed by atoms with E-state index in [4.69, 9.17) is 0 Å². The van der Waals surface area contributed by atoms with Crippen molar-refractivity contribution < 1.29 is 0 Å². The Hall–Kier alpha value is -1.63. The van der Waals surface area contributed by atoms with Crippen molar-refractivity contribution in [2.45, 2.75) is 59.7 Å². The first kappa shape index (κ1) is 19.4. The molecule has 1 rings (SSSR count). The molecule has 0 saturated heterocycles. The molecule has 0 aliphatic heterocycles. The van der Waals surface area contributed by atoms with E-state index in [1.807, 2.05) is 25.9 Å². The van der Waals surface area contributed by atoms with E-state index in [-0.39, 0.29) is 6.54 Å². The van der Waals surface area contributed by atoms with Gasteiger partial charge >= 0.3 is 17.1 Å². The van der Waals surface area contributed by atoms with Crippen LogP contribution < -0.4 is 17.1 Å². The topological polar surface area (TPSA) is 69.2 Å². The first-order valence-corrected chi connectivity index (χ1v) is 8.42. The van der Waals surface area contributed by atoms with Crippen molar-refractivity contribution >= 4 is 0 Å². The van der Waals surface area contributed by atoms with Gasteiger partial charge < -0.3 is 4.90 Å². The Morgan fingerprint density at radius 2 is 1.35 bits per heavy atom. The SMILES string of the molecule is CCCn1c(=O)n(CCC(C)CC)c(=O)n(CCN(C)C)c1=O. The van der Waals surface area contributed by atoms with Crippen molar-refractivity contribution in [1.29, 1.82) is 0 Å². The van der Waals surface area contributed by atoms with Gasteiger partial charge in [0.1, 0.15) is 0 Å². The number of hydrogen-bond donors (Lipinski definition) is 0. The molecule has 0 spiro atoms. The molecule has 0 bridgehead atoms. The second kappa shape index (κ2) is 8.86. The van der Waals surface area contributed by atoms with Crippen molar-refractivity contribution in [3.63, 3.8) is 0 Å². The maximum atomic E-state index is 12.6. The second-order valence-electron chi connectivity index (χ2n) is 6.41. The third kappa shape index (κ3) is 4.92. The van der Waals surface area contributed by atoms with Gasteiger partial charge in [-0.25, -0.2) is 28.1 Å². The molecule has 0 aromatic carbocycles. The molecule has 1 aromatic heterocycles. The maximum absolute atomic E-state index is 12.6. The molecule has 1 aromatic rings. The van der Waals surface area contributed by atoms with E-state index in [9.17, 15) is 14.4 Å². The van der Waals surface area contributed by atoms with Crippen molar-refractivity contribution in [3.05, 3.63) is 31.5 Å². The van der Waals surface area contributed by atoms with Crippen LogP contribution in [0.25, 0.3) is 0 Å². The molecule has 0 N–H and O–H groups in total. The Morgan fingerprint density at radius 3 is 1.78 bits per heavy atom. The molecule has 0 aliphatic rings. The van der Waals surface area contributed by atoms with Gasteiger partial charge in [0.05, 0.1) is 0 Å². The van der Waals surface area contributed by atoms with Crippen LogP contribution in [0.2, 0.25) is 0 Å². The van der Waals surface area contributed by atoms with Crippen molar-refractivity contribution in [2.24, 2.45) is 5.92 Å². The molecule has 1 atom stereocenters. The lowest BCUT2D eigenvalue weighted by molar-refractivity contribution is 0.350. The number of aromatic nitrogens is 3. The quantitative estimate of drug-likeness (QED) is 0.666. The summed E-state index contributed by atoms with van der Waals surface area (Å²) in [7, 11) is 3.77. The Bertz CT molecular complexity index is 669. The Morgan fingerprint density at radius 1 is 0.870 bits per heavy atom. The summed E-state index contributed by atoms with van der Waals surface area (Å²) in [6, 6.07) is 0. The van der Waals surface area contributed by atoms with Crippen LogP contribution in [0.4, 0.5) is 0 Å². The van der Waals surface area contributed by atoms with Crippen molar-refractivity contribution in [3.8, 4) is 0 Å². The molecule has 23 heavy (non-hydrogen) atoms. The molecule has 1 heterocycles. The summed E-state index contributed by atoms with van der Waals surface area (Å²) in [6.45, 7) is 7.65. The molecule has 0 radical (unpaired) electrons. The van der Waals surface area contributed by atoms with Crippen LogP contribution in [0.1, 0.15) is 40.0 Å². The van der Waals surface area contributed by atoms with Crippen LogP contribution >= 0.6 is 0 Å². The highest BCUT2D eigenvalue weighted by Gasteiger charge is 2.15. The minimum absolute atomic E-state index is 0.290. The number of hydrogen-bond acceptors (Lipinski definition) is 4. The first-order chi connectivity index (χ1) is 10.8.